The van der Waals surface area contributed by atoms with Gasteiger partial charge in [-0.05, 0) is 107 Å². The first-order valence-electron chi connectivity index (χ1n) is 15.4. The minimum atomic E-state index is -0.348. The van der Waals surface area contributed by atoms with Gasteiger partial charge in [0.15, 0.2) is 11.5 Å². The van der Waals surface area contributed by atoms with E-state index >= 15 is 0 Å². The van der Waals surface area contributed by atoms with E-state index in [2.05, 4.69) is 145 Å². The van der Waals surface area contributed by atoms with Crippen LogP contribution in [0.5, 0.6) is 0 Å². The molecule has 5 nitrogen and oxygen atoms in total. The number of unbranched alkanes of at least 4 members (excludes halogenated alkanes) is 2. The minimum Gasteiger partial charge on any atom is -0.762 e. The van der Waals surface area contributed by atoms with E-state index in [-0.39, 0.29) is 22.2 Å². The molecule has 0 bridgehead atoms. The van der Waals surface area contributed by atoms with Gasteiger partial charge in [-0.1, -0.05) is 40.5 Å². The summed E-state index contributed by atoms with van der Waals surface area (Å²) in [6.45, 7) is 14.8. The van der Waals surface area contributed by atoms with Crippen LogP contribution in [0.25, 0.3) is 5.41 Å². The van der Waals surface area contributed by atoms with Crippen molar-refractivity contribution in [1.82, 2.24) is 0 Å². The van der Waals surface area contributed by atoms with Crippen LogP contribution >= 0.6 is 45.2 Å². The Kier molecular flexibility index (Phi) is 9.28. The molecule has 0 spiro atoms. The number of carbonyl (C=O) groups is 1. The van der Waals surface area contributed by atoms with Crippen molar-refractivity contribution in [3.8, 4) is 6.07 Å². The number of fused-ring (bicyclic) bond motifs is 2. The van der Waals surface area contributed by atoms with Crippen LogP contribution in [-0.2, 0) is 15.6 Å². The molecule has 0 fully saturated rings. The van der Waals surface area contributed by atoms with E-state index in [9.17, 15) is 15.5 Å². The van der Waals surface area contributed by atoms with Gasteiger partial charge in [0.2, 0.25) is 5.69 Å². The summed E-state index contributed by atoms with van der Waals surface area (Å²) in [5, 5.41) is 20.1. The van der Waals surface area contributed by atoms with Gasteiger partial charge in [0, 0.05) is 71.3 Å². The molecule has 0 unspecified atom stereocenters. The molecule has 0 N–H and O–H groups in total. The van der Waals surface area contributed by atoms with Crippen LogP contribution in [0.1, 0.15) is 78.4 Å². The normalized spacial score (nSPS) is 19.7. The molecular formula is C37H38I2N4O. The number of benzene rings is 2. The zero-order chi connectivity index (χ0) is 32.0. The summed E-state index contributed by atoms with van der Waals surface area (Å²) in [5.41, 5.74) is 7.47. The van der Waals surface area contributed by atoms with Gasteiger partial charge in [0.25, 0.3) is 0 Å². The van der Waals surface area contributed by atoms with Gasteiger partial charge in [-0.3, -0.25) is 4.79 Å². The third-order valence-electron chi connectivity index (χ3n) is 9.24. The number of hydrogen-bond donors (Lipinski definition) is 0. The Morgan fingerprint density at radius 1 is 0.977 bits per heavy atom. The zero-order valence-corrected chi connectivity index (χ0v) is 30.6. The molecule has 44 heavy (non-hydrogen) atoms. The number of nitrogens with zero attached hydrogens (tertiary/aromatic N) is 4. The van der Waals surface area contributed by atoms with Gasteiger partial charge >= 0.3 is 0 Å². The van der Waals surface area contributed by atoms with E-state index in [4.69, 9.17) is 0 Å². The van der Waals surface area contributed by atoms with Crippen LogP contribution < -0.4 is 4.90 Å². The summed E-state index contributed by atoms with van der Waals surface area (Å²) in [6, 6.07) is 15.1. The van der Waals surface area contributed by atoms with Crippen molar-refractivity contribution < 1.29 is 9.37 Å². The topological polar surface area (TPSA) is 69.4 Å². The summed E-state index contributed by atoms with van der Waals surface area (Å²) in [6.07, 6.45) is 8.05. The minimum absolute atomic E-state index is 0.0192. The molecule has 0 saturated carbocycles. The highest BCUT2D eigenvalue weighted by molar-refractivity contribution is 14.1. The SMILES string of the molecule is CCCCN1/C(=C/C2=C(C(=C=[N-])C#N)C(=C/C3=[N+](CCCC)c4ccc(I)cc4C3(C)C)/C2=O)C(C)(C)c2cc(I)ccc21. The number of Topliss-reactive ketones (excluding diaryl/α,β-unsaturated/α-hetero) is 1. The maximum absolute atomic E-state index is 14.1. The third kappa shape index (κ3) is 5.37. The molecule has 7 heteroatoms. The molecule has 226 valence electrons. The quantitative estimate of drug-likeness (QED) is 0.0836. The summed E-state index contributed by atoms with van der Waals surface area (Å²) in [4.78, 5) is 16.5. The summed E-state index contributed by atoms with van der Waals surface area (Å²) >= 11 is 4.70. The highest BCUT2D eigenvalue weighted by atomic mass is 127. The lowest BCUT2D eigenvalue weighted by Crippen LogP contribution is -2.32. The number of halogens is 2. The van der Waals surface area contributed by atoms with Crippen molar-refractivity contribution in [2.24, 2.45) is 0 Å². The predicted molar refractivity (Wildman–Crippen MR) is 197 cm³/mol. The number of carbonyl (C=O) groups excluding carboxylic acids is 1. The van der Waals surface area contributed by atoms with Crippen LogP contribution in [0.15, 0.2) is 76.5 Å². The molecule has 0 saturated heterocycles. The number of allylic oxidation sites excluding steroid dienone is 7. The van der Waals surface area contributed by atoms with Crippen molar-refractivity contribution in [2.75, 3.05) is 18.0 Å². The number of ketones is 1. The monoisotopic (exact) mass is 808 g/mol. The number of nitriles is 1. The Balaban J connectivity index is 1.71. The van der Waals surface area contributed by atoms with Crippen LogP contribution in [0.4, 0.5) is 11.4 Å². The standard InChI is InChI=1S/C37H38I2N4O/c1-7-9-15-42-30-13-11-24(38)17-28(30)36(3,4)32(42)19-26-34(23(21-40)22-41)27(35(26)44)20-33-37(5,6)29-18-25(39)12-14-31(29)43(33)16-10-8-2/h11-14,17-20H,7-10,15-16H2,1-6H3. The highest BCUT2D eigenvalue weighted by Crippen LogP contribution is 2.50. The summed E-state index contributed by atoms with van der Waals surface area (Å²) < 4.78 is 4.66. The molecule has 0 aromatic heterocycles. The van der Waals surface area contributed by atoms with Crippen molar-refractivity contribution in [2.45, 2.75) is 78.1 Å². The van der Waals surface area contributed by atoms with Gasteiger partial charge < -0.3 is 10.3 Å². The molecule has 2 heterocycles. The van der Waals surface area contributed by atoms with Crippen LogP contribution in [0.3, 0.4) is 0 Å². The lowest BCUT2D eigenvalue weighted by molar-refractivity contribution is -0.438. The molecule has 5 rings (SSSR count). The highest BCUT2D eigenvalue weighted by Gasteiger charge is 2.47. The number of anilines is 1. The van der Waals surface area contributed by atoms with Crippen LogP contribution in [-0.4, -0.2) is 35.0 Å². The first-order chi connectivity index (χ1) is 20.9. The van der Waals surface area contributed by atoms with Gasteiger partial charge in [-0.15, -0.1) is 0 Å². The molecule has 2 aromatic rings. The predicted octanol–water partition coefficient (Wildman–Crippen LogP) is 9.05. The second kappa shape index (κ2) is 12.5. The number of rotatable bonds is 9. The van der Waals surface area contributed by atoms with E-state index in [1.807, 2.05) is 12.2 Å². The van der Waals surface area contributed by atoms with Gasteiger partial charge in [-0.25, -0.2) is 5.87 Å². The van der Waals surface area contributed by atoms with Crippen LogP contribution in [0.2, 0.25) is 0 Å². The first-order valence-corrected chi connectivity index (χ1v) is 17.5. The Hall–Kier alpha value is -2.80. The van der Waals surface area contributed by atoms with E-state index in [0.29, 0.717) is 16.7 Å². The fraction of sp³-hybridized carbons (Fsp3) is 0.378. The Morgan fingerprint density at radius 3 is 2.27 bits per heavy atom. The lowest BCUT2D eigenvalue weighted by atomic mass is 9.73. The largest absolute Gasteiger partial charge is 0.762 e. The first kappa shape index (κ1) is 32.6. The lowest BCUT2D eigenvalue weighted by Gasteiger charge is -2.30. The second-order valence-electron chi connectivity index (χ2n) is 12.8. The van der Waals surface area contributed by atoms with Crippen molar-refractivity contribution in [3.05, 3.63) is 100 Å². The number of hydrogen-bond acceptors (Lipinski definition) is 3. The fourth-order valence-electron chi connectivity index (χ4n) is 6.74. The maximum atomic E-state index is 14.1. The van der Waals surface area contributed by atoms with E-state index in [0.717, 1.165) is 61.6 Å². The maximum Gasteiger partial charge on any atom is 0.209 e. The third-order valence-corrected chi connectivity index (χ3v) is 10.6. The van der Waals surface area contributed by atoms with Gasteiger partial charge in [-0.2, -0.15) is 9.84 Å². The van der Waals surface area contributed by atoms with Gasteiger partial charge in [0.05, 0.1) is 11.0 Å². The Labute approximate surface area is 288 Å². The van der Waals surface area contributed by atoms with E-state index < -0.39 is 0 Å². The molecule has 0 radical (unpaired) electrons. The van der Waals surface area contributed by atoms with E-state index in [1.165, 1.54) is 18.3 Å². The smallest absolute Gasteiger partial charge is 0.209 e. The zero-order valence-electron chi connectivity index (χ0n) is 26.3. The molecule has 0 amide bonds. The van der Waals surface area contributed by atoms with Crippen molar-refractivity contribution in [1.29, 1.82) is 5.26 Å². The average Bonchev–Trinajstić information content (AvgIpc) is 3.33. The van der Waals surface area contributed by atoms with Crippen LogP contribution in [0, 0.1) is 18.5 Å². The molecule has 3 aliphatic rings. The molecule has 0 atom stereocenters. The van der Waals surface area contributed by atoms with E-state index in [1.54, 1.807) is 0 Å². The van der Waals surface area contributed by atoms with Crippen molar-refractivity contribution in [3.63, 3.8) is 0 Å². The second-order valence-corrected chi connectivity index (χ2v) is 15.3. The van der Waals surface area contributed by atoms with Gasteiger partial charge in [0.1, 0.15) is 12.6 Å². The molecular weight excluding hydrogens is 770 g/mol. The molecule has 2 aromatic carbocycles. The fourth-order valence-corrected chi connectivity index (χ4v) is 7.72. The van der Waals surface area contributed by atoms with Crippen molar-refractivity contribution >= 4 is 73.9 Å². The Morgan fingerprint density at radius 2 is 1.64 bits per heavy atom. The molecule has 2 aliphatic heterocycles. The Bertz CT molecular complexity index is 1790. The summed E-state index contributed by atoms with van der Waals surface area (Å²) in [5.74, 6) is 1.99. The molecule has 1 aliphatic carbocycles. The summed E-state index contributed by atoms with van der Waals surface area (Å²) in [7, 11) is 0. The average molecular weight is 809 g/mol.